The normalized spacial score (nSPS) is 0.286. The van der Waals surface area contributed by atoms with E-state index in [0.29, 0.717) is 22.5 Å². The monoisotopic (exact) mass is 1090 g/mol. The van der Waals surface area contributed by atoms with Crippen LogP contribution in [0.5, 0.6) is 0 Å². The molecule has 0 aromatic rings. The van der Waals surface area contributed by atoms with Crippen LogP contribution in [0.15, 0.2) is 0 Å². The Morgan fingerprint density at radius 2 is 0.357 bits per heavy atom. The Morgan fingerprint density at radius 1 is 0.357 bits per heavy atom. The summed E-state index contributed by atoms with van der Waals surface area (Å²) in [5.41, 5.74) is 0. The van der Waals surface area contributed by atoms with Crippen molar-refractivity contribution < 1.29 is 74.3 Å². The quantitative estimate of drug-likeness (QED) is 0.208. The Balaban J connectivity index is -0.0000000000641. The first-order chi connectivity index (χ1) is 2.00. The Labute approximate surface area is 267 Å². The van der Waals surface area contributed by atoms with Crippen molar-refractivity contribution >= 4 is 142 Å². The van der Waals surface area contributed by atoms with Crippen LogP contribution >= 0.6 is 0 Å². The molecule has 0 aliphatic carbocycles. The van der Waals surface area contributed by atoms with E-state index in [9.17, 15) is 0 Å². The largest absolute Gasteiger partial charge is 0 e. The molecule has 0 fully saturated rings. The molecule has 22 heteroatoms. The van der Waals surface area contributed by atoms with Crippen LogP contribution in [0.4, 0.5) is 0 Å². The van der Waals surface area contributed by atoms with E-state index in [2.05, 4.69) is 0 Å². The smallest absolute Gasteiger partial charge is 0 e. The second-order valence-electron chi connectivity index (χ2n) is 0. The molecule has 0 saturated heterocycles. The van der Waals surface area contributed by atoms with Gasteiger partial charge in [0.05, 0.1) is 0 Å². The van der Waals surface area contributed by atoms with Gasteiger partial charge in [-0.3, -0.25) is 0 Å². The molecule has 0 aliphatic rings. The van der Waals surface area contributed by atoms with E-state index in [4.69, 9.17) is 13.0 Å². The Morgan fingerprint density at radius 3 is 0.357 bits per heavy atom. The molecule has 0 bridgehead atoms. The van der Waals surface area contributed by atoms with E-state index >= 15 is 0 Å². The van der Waals surface area contributed by atoms with Crippen molar-refractivity contribution in [2.75, 3.05) is 0 Å². The summed E-state index contributed by atoms with van der Waals surface area (Å²) in [5.74, 6) is 0. The van der Waals surface area contributed by atoms with Crippen molar-refractivity contribution in [1.29, 1.82) is 0 Å². The zero-order valence-electron chi connectivity index (χ0n) is 10.6. The van der Waals surface area contributed by atoms with Crippen molar-refractivity contribution in [2.24, 2.45) is 0 Å². The standard InChI is InChI=1S/6CH4.O2.13H2O.O.6Sn.2H/c;;;;;;1-2;;;;;;;;;;;;;;;;;;;;;;/h6*1H4;;13*1H2;;;;;;;;;/q;;;;;;;;;;;;;;;;;;;;;;;;;2*+2;;/p-6. The maximum Gasteiger partial charge on any atom is 0 e. The molecule has 0 saturated carbocycles. The summed E-state index contributed by atoms with van der Waals surface area (Å²) >= 11 is 0.300. The van der Waals surface area contributed by atoms with Crippen LogP contribution in [0.25, 0.3) is 0 Å². The summed E-state index contributed by atoms with van der Waals surface area (Å²) in [7, 11) is 0. The van der Waals surface area contributed by atoms with Gasteiger partial charge in [0, 0.05) is 57.7 Å². The zero-order valence-corrected chi connectivity index (χ0v) is 28.9. The summed E-state index contributed by atoms with van der Waals surface area (Å²) < 4.78 is 8.34. The summed E-state index contributed by atoms with van der Waals surface area (Å²) in [5, 5.41) is 0. The number of rotatable bonds is 0. The van der Waals surface area contributed by atoms with E-state index in [0.717, 1.165) is 0 Å². The first-order valence-electron chi connectivity index (χ1n) is 0.371. The maximum absolute atomic E-state index is 8.34. The average molecular weight is 1090 g/mol. The average Bonchev–Trinajstić information content (AvgIpc) is 1.50. The van der Waals surface area contributed by atoms with Crippen LogP contribution in [0.3, 0.4) is 0 Å². The third-order valence-electron chi connectivity index (χ3n) is 0. The van der Waals surface area contributed by atoms with Crippen LogP contribution in [-0.4, -0.2) is 213 Å². The van der Waals surface area contributed by atoms with Crippen LogP contribution in [-0.2, 0) is 3.08 Å². The molecule has 0 amide bonds. The van der Waals surface area contributed by atoms with Gasteiger partial charge in [-0.2, -0.15) is 0 Å². The first-order valence-corrected chi connectivity index (χ1v) is 1.54. The van der Waals surface area contributed by atoms with E-state index in [1.165, 1.54) is 0 Å². The fourth-order valence-corrected chi connectivity index (χ4v) is 0. The van der Waals surface area contributed by atoms with Gasteiger partial charge in [-0.05, 0) is 0 Å². The van der Waals surface area contributed by atoms with E-state index in [-0.39, 0.29) is 235 Å². The molecule has 0 atom stereocenters. The molecule has 0 aliphatic heterocycles. The van der Waals surface area contributed by atoms with Crippen LogP contribution in [0, 0.1) is 9.93 Å². The topological polar surface area (TPSA) is 452 Å². The Bertz CT molecular complexity index is 41.6. The minimum absolute atomic E-state index is 0. The fourth-order valence-electron chi connectivity index (χ4n) is 0. The first kappa shape index (κ1) is 926. The summed E-state index contributed by atoms with van der Waals surface area (Å²) in [4.78, 5) is 14.0. The SMILES string of the molecule is C.C.C.C.C.C.O.O.O.O.O.O.O.O=O.[OH-].[OH-].[OH-].[OH-].[OH-].[OH-].[O]=[Sn].[Sn+2].[Sn+2].[SnH2].[Sn].[Sn]. The van der Waals surface area contributed by atoms with Crippen molar-refractivity contribution in [1.82, 2.24) is 0 Å². The predicted molar refractivity (Wildman–Crippen MR) is 122 cm³/mol. The van der Waals surface area contributed by atoms with Crippen molar-refractivity contribution in [2.45, 2.75) is 44.6 Å². The minimum atomic E-state index is 0. The summed E-state index contributed by atoms with van der Waals surface area (Å²) in [6.45, 7) is 0. The van der Waals surface area contributed by atoms with Crippen molar-refractivity contribution in [3.05, 3.63) is 9.93 Å². The van der Waals surface area contributed by atoms with Gasteiger partial charge in [0.15, 0.2) is 0 Å². The molecular formula is C6H46O16Sn6-2. The van der Waals surface area contributed by atoms with Gasteiger partial charge in [-0.1, -0.05) is 44.6 Å². The van der Waals surface area contributed by atoms with E-state index in [1.54, 1.807) is 0 Å². The predicted octanol–water partition coefficient (Wildman–Crippen LogP) is -5.89. The molecule has 0 rings (SSSR count). The molecule has 0 heterocycles. The Hall–Kier alpha value is 3.67. The molecule has 20 N–H and O–H groups in total. The molecule has 0 aromatic heterocycles. The van der Waals surface area contributed by atoms with Gasteiger partial charge >= 0.3 is 97.3 Å². The molecule has 0 unspecified atom stereocenters. The fraction of sp³-hybridized carbons (Fsp3) is 1.00. The van der Waals surface area contributed by atoms with Crippen LogP contribution in [0.2, 0.25) is 0 Å². The molecule has 0 spiro atoms. The van der Waals surface area contributed by atoms with Gasteiger partial charge in [0.1, 0.15) is 0 Å². The van der Waals surface area contributed by atoms with E-state index < -0.39 is 0 Å². The van der Waals surface area contributed by atoms with Crippen LogP contribution < -0.4 is 0 Å². The molecular weight excluding hydrogens is 1040 g/mol. The molecule has 16 radical (unpaired) electrons. The maximum atomic E-state index is 8.34. The molecule has 28 heavy (non-hydrogen) atoms. The summed E-state index contributed by atoms with van der Waals surface area (Å²) in [6, 6.07) is 0. The molecule has 192 valence electrons. The van der Waals surface area contributed by atoms with E-state index in [1.807, 2.05) is 0 Å². The van der Waals surface area contributed by atoms with Crippen LogP contribution in [0.1, 0.15) is 44.6 Å². The van der Waals surface area contributed by atoms with Gasteiger partial charge in [0.25, 0.3) is 0 Å². The third kappa shape index (κ3) is 1810. The Kier molecular flexibility index (Phi) is 66200. The van der Waals surface area contributed by atoms with Gasteiger partial charge < -0.3 is 71.2 Å². The van der Waals surface area contributed by atoms with Crippen molar-refractivity contribution in [3.63, 3.8) is 0 Å². The second kappa shape index (κ2) is 2000. The summed E-state index contributed by atoms with van der Waals surface area (Å²) in [6.07, 6.45) is 0. The number of hydrogen-bond acceptors (Lipinski definition) is 9. The zero-order chi connectivity index (χ0) is 4.00. The van der Waals surface area contributed by atoms with Gasteiger partial charge in [0.2, 0.25) is 0 Å². The van der Waals surface area contributed by atoms with Crippen molar-refractivity contribution in [3.8, 4) is 0 Å². The minimum Gasteiger partial charge on any atom is 0 e. The second-order valence-corrected chi connectivity index (χ2v) is 0. The molecule has 16 nitrogen and oxygen atoms in total. The van der Waals surface area contributed by atoms with Gasteiger partial charge in [-0.15, -0.1) is 0 Å². The molecule has 0 aromatic carbocycles. The van der Waals surface area contributed by atoms with Gasteiger partial charge in [-0.25, -0.2) is 0 Å². The third-order valence-corrected chi connectivity index (χ3v) is 0. The number of hydrogen-bond donors (Lipinski definition) is 0.